The quantitative estimate of drug-likeness (QED) is 0.561. The first-order chi connectivity index (χ1) is 14.1. The number of hydrogen-bond acceptors (Lipinski definition) is 6. The number of carbonyl (C=O) groups excluding carboxylic acids is 1. The lowest BCUT2D eigenvalue weighted by Gasteiger charge is -2.15. The highest BCUT2D eigenvalue weighted by Gasteiger charge is 2.08. The Balaban J connectivity index is 1.50. The third kappa shape index (κ3) is 6.49. The maximum absolute atomic E-state index is 12.0. The van der Waals surface area contributed by atoms with Crippen LogP contribution in [-0.2, 0) is 4.79 Å². The Kier molecular flexibility index (Phi) is 7.00. The van der Waals surface area contributed by atoms with Gasteiger partial charge in [-0.3, -0.25) is 4.79 Å². The molecule has 0 aliphatic carbocycles. The lowest BCUT2D eigenvalue weighted by molar-refractivity contribution is -0.116. The van der Waals surface area contributed by atoms with Gasteiger partial charge < -0.3 is 20.1 Å². The van der Waals surface area contributed by atoms with Gasteiger partial charge in [0.05, 0.1) is 24.8 Å². The molecule has 0 fully saturated rings. The summed E-state index contributed by atoms with van der Waals surface area (Å²) in [6.07, 6.45) is 0.281. The molecule has 2 N–H and O–H groups in total. The van der Waals surface area contributed by atoms with Crippen LogP contribution in [0.3, 0.4) is 0 Å². The maximum Gasteiger partial charge on any atom is 0.229 e. The number of aromatic nitrogens is 2. The summed E-state index contributed by atoms with van der Waals surface area (Å²) in [5.41, 5.74) is 0.797. The summed E-state index contributed by atoms with van der Waals surface area (Å²) < 4.78 is 11.3. The number of ether oxygens (including phenoxy) is 2. The number of amides is 1. The van der Waals surface area contributed by atoms with E-state index in [1.807, 2.05) is 68.4 Å². The summed E-state index contributed by atoms with van der Waals surface area (Å²) >= 11 is 0. The van der Waals surface area contributed by atoms with Crippen LogP contribution in [0.4, 0.5) is 17.3 Å². The molecule has 0 saturated carbocycles. The van der Waals surface area contributed by atoms with Crippen molar-refractivity contribution in [3.05, 3.63) is 66.7 Å². The van der Waals surface area contributed by atoms with E-state index in [0.717, 1.165) is 17.2 Å². The molecule has 3 rings (SSSR count). The van der Waals surface area contributed by atoms with E-state index in [9.17, 15) is 4.79 Å². The van der Waals surface area contributed by atoms with Gasteiger partial charge in [-0.2, -0.15) is 0 Å². The molecule has 1 amide bonds. The lowest BCUT2D eigenvalue weighted by Crippen LogP contribution is -2.16. The molecule has 7 heteroatoms. The molecule has 0 bridgehead atoms. The van der Waals surface area contributed by atoms with E-state index in [1.54, 1.807) is 12.1 Å². The predicted octanol–water partition coefficient (Wildman–Crippen LogP) is 4.42. The molecule has 0 spiro atoms. The Hall–Kier alpha value is -3.61. The van der Waals surface area contributed by atoms with Gasteiger partial charge in [-0.25, -0.2) is 0 Å². The van der Waals surface area contributed by atoms with Crippen molar-refractivity contribution in [2.45, 2.75) is 26.4 Å². The summed E-state index contributed by atoms with van der Waals surface area (Å²) in [6.45, 7) is 4.23. The summed E-state index contributed by atoms with van der Waals surface area (Å²) in [4.78, 5) is 12.0. The monoisotopic (exact) mass is 392 g/mol. The van der Waals surface area contributed by atoms with Crippen molar-refractivity contribution >= 4 is 23.2 Å². The zero-order valence-electron chi connectivity index (χ0n) is 16.5. The molecule has 0 aliphatic heterocycles. The normalized spacial score (nSPS) is 10.4. The Bertz CT molecular complexity index is 915. The number of nitrogens with one attached hydrogen (secondary N) is 2. The number of benzene rings is 2. The first kappa shape index (κ1) is 20.1. The second kappa shape index (κ2) is 10.1. The van der Waals surface area contributed by atoms with Crippen molar-refractivity contribution < 1.29 is 14.3 Å². The molecule has 0 atom stereocenters. The van der Waals surface area contributed by atoms with E-state index in [0.29, 0.717) is 11.6 Å². The second-order valence-corrected chi connectivity index (χ2v) is 6.55. The van der Waals surface area contributed by atoms with Crippen molar-refractivity contribution in [1.29, 1.82) is 0 Å². The molecule has 1 heterocycles. The average molecular weight is 392 g/mol. The average Bonchev–Trinajstić information content (AvgIpc) is 2.71. The van der Waals surface area contributed by atoms with Gasteiger partial charge in [-0.1, -0.05) is 30.3 Å². The van der Waals surface area contributed by atoms with Gasteiger partial charge in [0.15, 0.2) is 11.6 Å². The maximum atomic E-state index is 12.0. The summed E-state index contributed by atoms with van der Waals surface area (Å²) in [7, 11) is 0. The molecule has 0 unspecified atom stereocenters. The van der Waals surface area contributed by atoms with Crippen LogP contribution in [0.5, 0.6) is 11.5 Å². The lowest BCUT2D eigenvalue weighted by atomic mass is 10.3. The largest absolute Gasteiger partial charge is 0.493 e. The van der Waals surface area contributed by atoms with Gasteiger partial charge in [0, 0.05) is 0 Å². The Morgan fingerprint density at radius 2 is 1.62 bits per heavy atom. The van der Waals surface area contributed by atoms with Crippen molar-refractivity contribution in [2.24, 2.45) is 0 Å². The SMILES string of the molecule is CC(C)Oc1ccccc1Nc1ccc(NC(=O)CCOc2ccccc2)nn1. The highest BCUT2D eigenvalue weighted by atomic mass is 16.5. The highest BCUT2D eigenvalue weighted by Crippen LogP contribution is 2.27. The van der Waals surface area contributed by atoms with Crippen LogP contribution in [-0.4, -0.2) is 28.8 Å². The molecule has 0 aliphatic rings. The molecule has 1 aromatic heterocycles. The molecule has 0 saturated heterocycles. The van der Waals surface area contributed by atoms with E-state index in [1.165, 1.54) is 0 Å². The predicted molar refractivity (Wildman–Crippen MR) is 113 cm³/mol. The van der Waals surface area contributed by atoms with Crippen molar-refractivity contribution in [3.63, 3.8) is 0 Å². The van der Waals surface area contributed by atoms with Gasteiger partial charge in [0.1, 0.15) is 11.5 Å². The van der Waals surface area contributed by atoms with Gasteiger partial charge in [0.2, 0.25) is 5.91 Å². The summed E-state index contributed by atoms with van der Waals surface area (Å²) in [6, 6.07) is 20.4. The zero-order valence-corrected chi connectivity index (χ0v) is 16.5. The molecular weight excluding hydrogens is 368 g/mol. The van der Waals surface area contributed by atoms with Gasteiger partial charge in [-0.05, 0) is 50.2 Å². The van der Waals surface area contributed by atoms with Crippen LogP contribution in [0.25, 0.3) is 0 Å². The number of rotatable bonds is 9. The molecule has 150 valence electrons. The van der Waals surface area contributed by atoms with Crippen LogP contribution in [0, 0.1) is 0 Å². The van der Waals surface area contributed by atoms with Gasteiger partial charge in [0.25, 0.3) is 0 Å². The van der Waals surface area contributed by atoms with Crippen LogP contribution in [0.1, 0.15) is 20.3 Å². The first-order valence-electron chi connectivity index (χ1n) is 9.44. The van der Waals surface area contributed by atoms with Crippen LogP contribution >= 0.6 is 0 Å². The molecular formula is C22H24N4O3. The minimum atomic E-state index is -0.188. The van der Waals surface area contributed by atoms with E-state index in [-0.39, 0.29) is 25.0 Å². The second-order valence-electron chi connectivity index (χ2n) is 6.55. The molecule has 29 heavy (non-hydrogen) atoms. The fourth-order valence-electron chi connectivity index (χ4n) is 2.51. The van der Waals surface area contributed by atoms with E-state index >= 15 is 0 Å². The van der Waals surface area contributed by atoms with Crippen LogP contribution in [0.2, 0.25) is 0 Å². The summed E-state index contributed by atoms with van der Waals surface area (Å²) in [5.74, 6) is 2.21. The fourth-order valence-corrected chi connectivity index (χ4v) is 2.51. The van der Waals surface area contributed by atoms with E-state index in [4.69, 9.17) is 9.47 Å². The molecule has 3 aromatic rings. The third-order valence-electron chi connectivity index (χ3n) is 3.79. The fraction of sp³-hybridized carbons (Fsp3) is 0.227. The zero-order chi connectivity index (χ0) is 20.5. The van der Waals surface area contributed by atoms with E-state index in [2.05, 4.69) is 20.8 Å². The topological polar surface area (TPSA) is 85.4 Å². The first-order valence-corrected chi connectivity index (χ1v) is 9.44. The third-order valence-corrected chi connectivity index (χ3v) is 3.79. The van der Waals surface area contributed by atoms with E-state index < -0.39 is 0 Å². The smallest absolute Gasteiger partial charge is 0.229 e. The standard InChI is InChI=1S/C22H24N4O3/c1-16(2)29-19-11-7-6-10-18(19)23-20-12-13-21(26-25-20)24-22(27)14-15-28-17-8-4-3-5-9-17/h3-13,16H,14-15H2,1-2H3,(H,23,25)(H,24,26,27). The minimum absolute atomic E-state index is 0.0625. The van der Waals surface area contributed by atoms with Crippen LogP contribution < -0.4 is 20.1 Å². The molecule has 2 aromatic carbocycles. The number of hydrogen-bond donors (Lipinski definition) is 2. The number of para-hydroxylation sites is 3. The van der Waals surface area contributed by atoms with Crippen LogP contribution in [0.15, 0.2) is 66.7 Å². The molecule has 7 nitrogen and oxygen atoms in total. The highest BCUT2D eigenvalue weighted by molar-refractivity contribution is 5.89. The van der Waals surface area contributed by atoms with Gasteiger partial charge in [-0.15, -0.1) is 10.2 Å². The Morgan fingerprint density at radius 1 is 0.931 bits per heavy atom. The Labute approximate surface area is 170 Å². The summed E-state index contributed by atoms with van der Waals surface area (Å²) in [5, 5.41) is 14.0. The number of anilines is 3. The van der Waals surface area contributed by atoms with Crippen molar-refractivity contribution in [1.82, 2.24) is 10.2 Å². The van der Waals surface area contributed by atoms with Gasteiger partial charge >= 0.3 is 0 Å². The van der Waals surface area contributed by atoms with Crippen molar-refractivity contribution in [2.75, 3.05) is 17.2 Å². The molecule has 0 radical (unpaired) electrons. The Morgan fingerprint density at radius 3 is 2.34 bits per heavy atom. The minimum Gasteiger partial charge on any atom is -0.493 e. The number of nitrogens with zero attached hydrogens (tertiary/aromatic N) is 2. The number of carbonyl (C=O) groups is 1. The van der Waals surface area contributed by atoms with Crippen molar-refractivity contribution in [3.8, 4) is 11.5 Å².